The molecule has 0 radical (unpaired) electrons. The lowest BCUT2D eigenvalue weighted by atomic mass is 10.0. The first kappa shape index (κ1) is 16.4. The number of nitrogens with zero attached hydrogens (tertiary/aromatic N) is 1. The van der Waals surface area contributed by atoms with Crippen LogP contribution < -0.4 is 5.32 Å². The normalized spacial score (nSPS) is 21.4. The van der Waals surface area contributed by atoms with Gasteiger partial charge in [0.15, 0.2) is 0 Å². The monoisotopic (exact) mass is 296 g/mol. The van der Waals surface area contributed by atoms with Crippen molar-refractivity contribution in [2.24, 2.45) is 0 Å². The van der Waals surface area contributed by atoms with E-state index in [0.29, 0.717) is 11.6 Å². The van der Waals surface area contributed by atoms with Crippen LogP contribution in [-0.2, 0) is 0 Å². The molecular formula is C17H26F2N2. The largest absolute Gasteiger partial charge is 0.310 e. The van der Waals surface area contributed by atoms with E-state index in [-0.39, 0.29) is 6.04 Å². The highest BCUT2D eigenvalue weighted by atomic mass is 19.1. The second kappa shape index (κ2) is 7.85. The fourth-order valence-corrected chi connectivity index (χ4v) is 3.05. The maximum absolute atomic E-state index is 13.7. The zero-order chi connectivity index (χ0) is 15.2. The standard InChI is InChI=1S/C17H26F2N2/c1-13-6-3-4-10-21(13)11-5-9-20-14(2)16-8-7-15(18)12-17(16)19/h7-8,12-14,20H,3-6,9-11H2,1-2H3. The third-order valence-corrected chi connectivity index (χ3v) is 4.44. The average molecular weight is 296 g/mol. The topological polar surface area (TPSA) is 15.3 Å². The van der Waals surface area contributed by atoms with Gasteiger partial charge in [-0.05, 0) is 58.8 Å². The highest BCUT2D eigenvalue weighted by Gasteiger charge is 2.17. The maximum atomic E-state index is 13.7. The molecule has 0 bridgehead atoms. The molecule has 1 N–H and O–H groups in total. The van der Waals surface area contributed by atoms with Gasteiger partial charge < -0.3 is 10.2 Å². The Kier molecular flexibility index (Phi) is 6.12. The van der Waals surface area contributed by atoms with Crippen LogP contribution in [0.25, 0.3) is 0 Å². The zero-order valence-corrected chi connectivity index (χ0v) is 13.0. The Morgan fingerprint density at radius 1 is 1.33 bits per heavy atom. The Morgan fingerprint density at radius 2 is 2.14 bits per heavy atom. The molecule has 1 aromatic rings. The van der Waals surface area contributed by atoms with Crippen molar-refractivity contribution >= 4 is 0 Å². The summed E-state index contributed by atoms with van der Waals surface area (Å²) in [7, 11) is 0. The lowest BCUT2D eigenvalue weighted by molar-refractivity contribution is 0.158. The fourth-order valence-electron chi connectivity index (χ4n) is 3.05. The van der Waals surface area contributed by atoms with Crippen molar-refractivity contribution in [1.29, 1.82) is 0 Å². The van der Waals surface area contributed by atoms with Crippen molar-refractivity contribution in [3.05, 3.63) is 35.4 Å². The van der Waals surface area contributed by atoms with E-state index in [1.54, 1.807) is 0 Å². The van der Waals surface area contributed by atoms with Crippen LogP contribution in [0.4, 0.5) is 8.78 Å². The molecule has 1 heterocycles. The molecule has 1 aliphatic rings. The maximum Gasteiger partial charge on any atom is 0.130 e. The highest BCUT2D eigenvalue weighted by molar-refractivity contribution is 5.21. The van der Waals surface area contributed by atoms with Gasteiger partial charge in [0.05, 0.1) is 0 Å². The molecule has 0 amide bonds. The Balaban J connectivity index is 1.72. The molecule has 0 aliphatic carbocycles. The van der Waals surface area contributed by atoms with Crippen LogP contribution in [0.15, 0.2) is 18.2 Å². The van der Waals surface area contributed by atoms with Gasteiger partial charge in [-0.25, -0.2) is 8.78 Å². The Morgan fingerprint density at radius 3 is 2.86 bits per heavy atom. The second-order valence-electron chi connectivity index (χ2n) is 6.08. The molecule has 2 rings (SSSR count). The molecular weight excluding hydrogens is 270 g/mol. The van der Waals surface area contributed by atoms with Crippen molar-refractivity contribution < 1.29 is 8.78 Å². The molecule has 4 heteroatoms. The zero-order valence-electron chi connectivity index (χ0n) is 13.0. The van der Waals surface area contributed by atoms with E-state index < -0.39 is 11.6 Å². The lowest BCUT2D eigenvalue weighted by Gasteiger charge is -2.33. The van der Waals surface area contributed by atoms with Crippen molar-refractivity contribution in [2.75, 3.05) is 19.6 Å². The molecule has 118 valence electrons. The molecule has 1 aromatic carbocycles. The van der Waals surface area contributed by atoms with E-state index in [4.69, 9.17) is 0 Å². The van der Waals surface area contributed by atoms with Crippen LogP contribution in [-0.4, -0.2) is 30.6 Å². The highest BCUT2D eigenvalue weighted by Crippen LogP contribution is 2.18. The summed E-state index contributed by atoms with van der Waals surface area (Å²) in [5.41, 5.74) is 0.530. The molecule has 2 unspecified atom stereocenters. The van der Waals surface area contributed by atoms with Gasteiger partial charge in [-0.2, -0.15) is 0 Å². The van der Waals surface area contributed by atoms with Crippen molar-refractivity contribution in [3.8, 4) is 0 Å². The number of benzene rings is 1. The Labute approximate surface area is 126 Å². The van der Waals surface area contributed by atoms with Crippen LogP contribution in [0.3, 0.4) is 0 Å². The number of likely N-dealkylation sites (tertiary alicyclic amines) is 1. The number of hydrogen-bond acceptors (Lipinski definition) is 2. The van der Waals surface area contributed by atoms with E-state index in [1.165, 1.54) is 37.9 Å². The van der Waals surface area contributed by atoms with Gasteiger partial charge in [-0.15, -0.1) is 0 Å². The number of rotatable bonds is 6. The van der Waals surface area contributed by atoms with Gasteiger partial charge in [0.25, 0.3) is 0 Å². The van der Waals surface area contributed by atoms with Crippen LogP contribution in [0.2, 0.25) is 0 Å². The lowest BCUT2D eigenvalue weighted by Crippen LogP contribution is -2.39. The minimum atomic E-state index is -0.525. The first-order valence-electron chi connectivity index (χ1n) is 8.00. The van der Waals surface area contributed by atoms with Crippen LogP contribution in [0.5, 0.6) is 0 Å². The van der Waals surface area contributed by atoms with E-state index in [9.17, 15) is 8.78 Å². The first-order chi connectivity index (χ1) is 10.1. The van der Waals surface area contributed by atoms with Crippen molar-refractivity contribution in [3.63, 3.8) is 0 Å². The van der Waals surface area contributed by atoms with Crippen LogP contribution in [0, 0.1) is 11.6 Å². The quantitative estimate of drug-likeness (QED) is 0.801. The fraction of sp³-hybridized carbons (Fsp3) is 0.647. The Bertz CT molecular complexity index is 450. The van der Waals surface area contributed by atoms with Gasteiger partial charge in [-0.1, -0.05) is 12.5 Å². The van der Waals surface area contributed by atoms with E-state index in [0.717, 1.165) is 25.6 Å². The summed E-state index contributed by atoms with van der Waals surface area (Å²) in [5, 5.41) is 3.32. The number of nitrogens with one attached hydrogen (secondary N) is 1. The second-order valence-corrected chi connectivity index (χ2v) is 6.08. The predicted octanol–water partition coefficient (Wildman–Crippen LogP) is 3.88. The third-order valence-electron chi connectivity index (χ3n) is 4.44. The molecule has 0 aromatic heterocycles. The van der Waals surface area contributed by atoms with Crippen molar-refractivity contribution in [1.82, 2.24) is 10.2 Å². The molecule has 1 aliphatic heterocycles. The van der Waals surface area contributed by atoms with E-state index >= 15 is 0 Å². The molecule has 1 fully saturated rings. The molecule has 0 saturated carbocycles. The molecule has 2 atom stereocenters. The molecule has 2 nitrogen and oxygen atoms in total. The summed E-state index contributed by atoms with van der Waals surface area (Å²) in [6.45, 7) is 7.35. The van der Waals surface area contributed by atoms with E-state index in [1.807, 2.05) is 6.92 Å². The summed E-state index contributed by atoms with van der Waals surface area (Å²) >= 11 is 0. The minimum absolute atomic E-state index is 0.0932. The third kappa shape index (κ3) is 4.75. The summed E-state index contributed by atoms with van der Waals surface area (Å²) < 4.78 is 26.6. The predicted molar refractivity (Wildman–Crippen MR) is 82.3 cm³/mol. The van der Waals surface area contributed by atoms with Crippen LogP contribution in [0.1, 0.15) is 51.1 Å². The van der Waals surface area contributed by atoms with Crippen LogP contribution >= 0.6 is 0 Å². The average Bonchev–Trinajstić information content (AvgIpc) is 2.45. The van der Waals surface area contributed by atoms with E-state index in [2.05, 4.69) is 17.1 Å². The summed E-state index contributed by atoms with van der Waals surface area (Å²) in [5.74, 6) is -0.998. The SMILES string of the molecule is CC(NCCCN1CCCCC1C)c1ccc(F)cc1F. The number of piperidine rings is 1. The van der Waals surface area contributed by atoms with Gasteiger partial charge in [0, 0.05) is 23.7 Å². The molecule has 0 spiro atoms. The summed E-state index contributed by atoms with van der Waals surface area (Å²) in [6, 6.07) is 4.37. The summed E-state index contributed by atoms with van der Waals surface area (Å²) in [6.07, 6.45) is 4.99. The van der Waals surface area contributed by atoms with Gasteiger partial charge in [0.2, 0.25) is 0 Å². The van der Waals surface area contributed by atoms with Gasteiger partial charge >= 0.3 is 0 Å². The smallest absolute Gasteiger partial charge is 0.130 e. The number of hydrogen-bond donors (Lipinski definition) is 1. The summed E-state index contributed by atoms with van der Waals surface area (Å²) in [4.78, 5) is 2.54. The van der Waals surface area contributed by atoms with Crippen molar-refractivity contribution in [2.45, 2.75) is 51.6 Å². The van der Waals surface area contributed by atoms with Gasteiger partial charge in [-0.3, -0.25) is 0 Å². The Hall–Kier alpha value is -1.00. The minimum Gasteiger partial charge on any atom is -0.310 e. The van der Waals surface area contributed by atoms with Gasteiger partial charge in [0.1, 0.15) is 11.6 Å². The molecule has 21 heavy (non-hydrogen) atoms. The first-order valence-corrected chi connectivity index (χ1v) is 8.00. The molecule has 1 saturated heterocycles. The number of halogens is 2.